The van der Waals surface area contributed by atoms with E-state index in [-0.39, 0.29) is 5.82 Å². The summed E-state index contributed by atoms with van der Waals surface area (Å²) < 4.78 is 13.3. The van der Waals surface area contributed by atoms with Gasteiger partial charge in [-0.15, -0.1) is 11.6 Å². The van der Waals surface area contributed by atoms with Gasteiger partial charge in [-0.2, -0.15) is 0 Å². The highest BCUT2D eigenvalue weighted by atomic mass is 35.5. The van der Waals surface area contributed by atoms with Crippen LogP contribution in [0.4, 0.5) is 10.1 Å². The second-order valence-corrected chi connectivity index (χ2v) is 5.81. The van der Waals surface area contributed by atoms with E-state index in [4.69, 9.17) is 11.6 Å². The van der Waals surface area contributed by atoms with Crippen molar-refractivity contribution >= 4 is 17.3 Å². The van der Waals surface area contributed by atoms with Crippen LogP contribution in [0.2, 0.25) is 0 Å². The van der Waals surface area contributed by atoms with E-state index in [1.807, 2.05) is 6.07 Å². The van der Waals surface area contributed by atoms with E-state index in [0.717, 1.165) is 24.3 Å². The van der Waals surface area contributed by atoms with Gasteiger partial charge in [0.05, 0.1) is 0 Å². The standard InChI is InChI=1S/C15H20ClFN2/c16-10-12-9-13(17)4-5-15(12)19-8-2-7-18-6-1-3-14(18)11-19/h4-5,9,14H,1-3,6-8,10-11H2. The Morgan fingerprint density at radius 1 is 1.21 bits per heavy atom. The molecule has 0 radical (unpaired) electrons. The van der Waals surface area contributed by atoms with Crippen LogP contribution in [0.25, 0.3) is 0 Å². The molecule has 0 aliphatic carbocycles. The topological polar surface area (TPSA) is 6.48 Å². The monoisotopic (exact) mass is 282 g/mol. The van der Waals surface area contributed by atoms with Crippen LogP contribution in [0.15, 0.2) is 18.2 Å². The molecule has 2 aliphatic rings. The molecule has 0 saturated carbocycles. The van der Waals surface area contributed by atoms with Gasteiger partial charge in [-0.25, -0.2) is 4.39 Å². The Hall–Kier alpha value is -0.800. The Morgan fingerprint density at radius 2 is 2.05 bits per heavy atom. The molecule has 19 heavy (non-hydrogen) atoms. The van der Waals surface area contributed by atoms with Crippen molar-refractivity contribution in [1.29, 1.82) is 0 Å². The zero-order valence-corrected chi connectivity index (χ0v) is 11.9. The number of hydrogen-bond donors (Lipinski definition) is 0. The van der Waals surface area contributed by atoms with Gasteiger partial charge < -0.3 is 4.90 Å². The molecule has 1 unspecified atom stereocenters. The van der Waals surface area contributed by atoms with Gasteiger partial charge in [0.15, 0.2) is 0 Å². The van der Waals surface area contributed by atoms with Gasteiger partial charge in [0, 0.05) is 37.2 Å². The van der Waals surface area contributed by atoms with Crippen LogP contribution >= 0.6 is 11.6 Å². The maximum atomic E-state index is 13.3. The first-order chi connectivity index (χ1) is 9.28. The van der Waals surface area contributed by atoms with E-state index in [2.05, 4.69) is 9.80 Å². The molecule has 2 saturated heterocycles. The molecule has 2 heterocycles. The third-order valence-electron chi connectivity index (χ3n) is 4.33. The number of benzene rings is 1. The molecule has 3 rings (SSSR count). The number of nitrogens with zero attached hydrogens (tertiary/aromatic N) is 2. The number of hydrogen-bond acceptors (Lipinski definition) is 2. The van der Waals surface area contributed by atoms with Crippen molar-refractivity contribution in [3.05, 3.63) is 29.6 Å². The molecule has 0 N–H and O–H groups in total. The minimum atomic E-state index is -0.197. The summed E-state index contributed by atoms with van der Waals surface area (Å²) in [4.78, 5) is 5.00. The third-order valence-corrected chi connectivity index (χ3v) is 4.62. The highest BCUT2D eigenvalue weighted by Crippen LogP contribution is 2.28. The van der Waals surface area contributed by atoms with Gasteiger partial charge in [0.25, 0.3) is 0 Å². The summed E-state index contributed by atoms with van der Waals surface area (Å²) in [6.45, 7) is 4.53. The quantitative estimate of drug-likeness (QED) is 0.769. The molecule has 0 bridgehead atoms. The van der Waals surface area contributed by atoms with Crippen molar-refractivity contribution in [3.8, 4) is 0 Å². The zero-order valence-electron chi connectivity index (χ0n) is 11.1. The van der Waals surface area contributed by atoms with Crippen LogP contribution < -0.4 is 4.90 Å². The first kappa shape index (κ1) is 13.2. The van der Waals surface area contributed by atoms with Gasteiger partial charge in [0.1, 0.15) is 5.82 Å². The third kappa shape index (κ3) is 2.72. The maximum Gasteiger partial charge on any atom is 0.123 e. The van der Waals surface area contributed by atoms with Crippen LogP contribution in [0.5, 0.6) is 0 Å². The summed E-state index contributed by atoms with van der Waals surface area (Å²) in [6, 6.07) is 5.66. The van der Waals surface area contributed by atoms with E-state index in [1.54, 1.807) is 12.1 Å². The zero-order chi connectivity index (χ0) is 13.2. The number of anilines is 1. The molecule has 1 atom stereocenters. The van der Waals surface area contributed by atoms with Crippen LogP contribution in [0.1, 0.15) is 24.8 Å². The fourth-order valence-electron chi connectivity index (χ4n) is 3.40. The molecule has 104 valence electrons. The normalized spacial score (nSPS) is 24.3. The van der Waals surface area contributed by atoms with Gasteiger partial charge in [-0.05, 0) is 49.6 Å². The number of fused-ring (bicyclic) bond motifs is 1. The molecule has 2 fully saturated rings. The Kier molecular flexibility index (Phi) is 3.94. The van der Waals surface area contributed by atoms with Crippen molar-refractivity contribution in [2.75, 3.05) is 31.1 Å². The predicted octanol–water partition coefficient (Wildman–Crippen LogP) is 3.24. The van der Waals surface area contributed by atoms with Crippen LogP contribution in [0, 0.1) is 5.82 Å². The lowest BCUT2D eigenvalue weighted by Gasteiger charge is -2.28. The molecular formula is C15H20ClFN2. The van der Waals surface area contributed by atoms with Gasteiger partial charge >= 0.3 is 0 Å². The van der Waals surface area contributed by atoms with E-state index in [1.165, 1.54) is 32.4 Å². The second-order valence-electron chi connectivity index (χ2n) is 5.54. The van der Waals surface area contributed by atoms with Crippen molar-refractivity contribution in [1.82, 2.24) is 4.90 Å². The minimum absolute atomic E-state index is 0.197. The summed E-state index contributed by atoms with van der Waals surface area (Å²) in [5, 5.41) is 0. The molecule has 2 nitrogen and oxygen atoms in total. The smallest absolute Gasteiger partial charge is 0.123 e. The maximum absolute atomic E-state index is 13.3. The minimum Gasteiger partial charge on any atom is -0.370 e. The van der Waals surface area contributed by atoms with E-state index in [9.17, 15) is 4.39 Å². The fourth-order valence-corrected chi connectivity index (χ4v) is 3.61. The van der Waals surface area contributed by atoms with Gasteiger partial charge in [-0.1, -0.05) is 0 Å². The van der Waals surface area contributed by atoms with E-state index >= 15 is 0 Å². The van der Waals surface area contributed by atoms with Crippen LogP contribution in [0.3, 0.4) is 0 Å². The lowest BCUT2D eigenvalue weighted by molar-refractivity contribution is 0.273. The number of alkyl halides is 1. The summed E-state index contributed by atoms with van der Waals surface area (Å²) in [5.74, 6) is 0.176. The first-order valence-electron chi connectivity index (χ1n) is 7.11. The molecule has 0 spiro atoms. The van der Waals surface area contributed by atoms with Crippen LogP contribution in [-0.4, -0.2) is 37.1 Å². The Balaban J connectivity index is 1.84. The van der Waals surface area contributed by atoms with E-state index < -0.39 is 0 Å². The van der Waals surface area contributed by atoms with Crippen molar-refractivity contribution < 1.29 is 4.39 Å². The van der Waals surface area contributed by atoms with E-state index in [0.29, 0.717) is 11.9 Å². The average molecular weight is 283 g/mol. The number of rotatable bonds is 2. The summed E-state index contributed by atoms with van der Waals surface area (Å²) in [7, 11) is 0. The molecule has 2 aliphatic heterocycles. The predicted molar refractivity (Wildman–Crippen MR) is 77.4 cm³/mol. The Bertz CT molecular complexity index is 452. The summed E-state index contributed by atoms with van der Waals surface area (Å²) in [5.41, 5.74) is 2.03. The lowest BCUT2D eigenvalue weighted by atomic mass is 10.1. The first-order valence-corrected chi connectivity index (χ1v) is 7.65. The highest BCUT2D eigenvalue weighted by molar-refractivity contribution is 6.17. The van der Waals surface area contributed by atoms with Gasteiger partial charge in [0.2, 0.25) is 0 Å². The Morgan fingerprint density at radius 3 is 2.89 bits per heavy atom. The lowest BCUT2D eigenvalue weighted by Crippen LogP contribution is -2.36. The number of halogens is 2. The fraction of sp³-hybridized carbons (Fsp3) is 0.600. The van der Waals surface area contributed by atoms with Crippen molar-refractivity contribution in [2.45, 2.75) is 31.2 Å². The molecular weight excluding hydrogens is 263 g/mol. The second kappa shape index (κ2) is 5.68. The molecule has 1 aromatic carbocycles. The average Bonchev–Trinajstić information content (AvgIpc) is 2.76. The van der Waals surface area contributed by atoms with Gasteiger partial charge in [-0.3, -0.25) is 4.90 Å². The SMILES string of the molecule is Fc1ccc(N2CCCN3CCCC3C2)c(CCl)c1. The van der Waals surface area contributed by atoms with Crippen LogP contribution in [-0.2, 0) is 5.88 Å². The van der Waals surface area contributed by atoms with Crippen molar-refractivity contribution in [2.24, 2.45) is 0 Å². The van der Waals surface area contributed by atoms with Crippen molar-refractivity contribution in [3.63, 3.8) is 0 Å². The molecule has 0 amide bonds. The Labute approximate surface area is 119 Å². The molecule has 0 aromatic heterocycles. The molecule has 1 aromatic rings. The molecule has 4 heteroatoms. The highest BCUT2D eigenvalue weighted by Gasteiger charge is 2.29. The largest absolute Gasteiger partial charge is 0.370 e. The summed E-state index contributed by atoms with van der Waals surface area (Å²) >= 11 is 5.97. The summed E-state index contributed by atoms with van der Waals surface area (Å²) in [6.07, 6.45) is 3.77.